The molecule has 0 radical (unpaired) electrons. The Bertz CT molecular complexity index is 1320. The number of rotatable bonds is 11. The lowest BCUT2D eigenvalue weighted by molar-refractivity contribution is -0.134. The van der Waals surface area contributed by atoms with Crippen molar-refractivity contribution >= 4 is 11.6 Å². The van der Waals surface area contributed by atoms with Gasteiger partial charge in [-0.1, -0.05) is 23.3 Å². The molecule has 2 N–H and O–H groups in total. The van der Waals surface area contributed by atoms with Gasteiger partial charge in [0.1, 0.15) is 35.9 Å². The zero-order chi connectivity index (χ0) is 28.9. The predicted octanol–water partition coefficient (Wildman–Crippen LogP) is 1.87. The number of nitrogens with one attached hydrogen (secondary N) is 1. The summed E-state index contributed by atoms with van der Waals surface area (Å²) in [6.07, 6.45) is 2.04. The summed E-state index contributed by atoms with van der Waals surface area (Å²) >= 11 is 0. The van der Waals surface area contributed by atoms with Gasteiger partial charge in [0, 0.05) is 39.8 Å². The van der Waals surface area contributed by atoms with Gasteiger partial charge in [-0.25, -0.2) is 0 Å². The fourth-order valence-electron chi connectivity index (χ4n) is 6.03. The van der Waals surface area contributed by atoms with Crippen LogP contribution >= 0.6 is 0 Å². The number of methoxy groups -OCH3 is 1. The van der Waals surface area contributed by atoms with Gasteiger partial charge in [0.2, 0.25) is 0 Å². The number of tetrazole rings is 1. The van der Waals surface area contributed by atoms with Crippen LogP contribution < -0.4 is 24.6 Å². The Morgan fingerprint density at radius 3 is 2.86 bits per heavy atom. The Balaban J connectivity index is 1.08. The molecule has 0 amide bonds. The van der Waals surface area contributed by atoms with E-state index in [9.17, 15) is 5.11 Å². The van der Waals surface area contributed by atoms with Crippen molar-refractivity contribution in [1.29, 1.82) is 0 Å². The van der Waals surface area contributed by atoms with E-state index in [2.05, 4.69) is 36.6 Å². The highest BCUT2D eigenvalue weighted by molar-refractivity contribution is 5.61. The second-order valence-electron chi connectivity index (χ2n) is 11.2. The molecule has 12 nitrogen and oxygen atoms in total. The third kappa shape index (κ3) is 6.31. The highest BCUT2D eigenvalue weighted by Crippen LogP contribution is 2.36. The minimum Gasteiger partial charge on any atom is -0.490 e. The van der Waals surface area contributed by atoms with Crippen LogP contribution in [-0.2, 0) is 28.7 Å². The maximum absolute atomic E-state index is 11.9. The molecule has 6 rings (SSSR count). The number of ether oxygens (including phenoxy) is 4. The van der Waals surface area contributed by atoms with Crippen molar-refractivity contribution in [2.24, 2.45) is 7.05 Å². The molecule has 3 aromatic rings. The topological polar surface area (TPSA) is 119 Å². The molecule has 42 heavy (non-hydrogen) atoms. The summed E-state index contributed by atoms with van der Waals surface area (Å²) < 4.78 is 23.8. The molecule has 0 aliphatic carbocycles. The highest BCUT2D eigenvalue weighted by atomic mass is 16.5. The molecule has 0 bridgehead atoms. The molecular weight excluding hydrogens is 538 g/mol. The maximum Gasteiger partial charge on any atom is 0.266 e. The number of piperidine rings is 1. The number of aliphatic hydroxyl groups is 1. The average molecular weight is 580 g/mol. The lowest BCUT2D eigenvalue weighted by Crippen LogP contribution is -2.53. The minimum absolute atomic E-state index is 0.0376. The third-order valence-corrected chi connectivity index (χ3v) is 8.34. The normalized spacial score (nSPS) is 24.0. The molecule has 0 saturated carbocycles. The van der Waals surface area contributed by atoms with Crippen LogP contribution in [0, 0.1) is 0 Å². The largest absolute Gasteiger partial charge is 0.490 e. The quantitative estimate of drug-likeness (QED) is 0.324. The van der Waals surface area contributed by atoms with Crippen LogP contribution in [-0.4, -0.2) is 97.1 Å². The standard InChI is InChI=1S/C30H41N7O5/c1-35-33-29(32-34-35)37-14-10-25(20-37)42-24-7-5-23(6-8-24)30(38)11-12-31-19-28(30)41-21-22-4-9-27-26(18-22)36(15-17-40-27)13-3-16-39-2/h4-9,18,25,28,31,38H,3,10-17,19-21H2,1-2H3/t25?,28-,30-/m0/s1. The van der Waals surface area contributed by atoms with E-state index in [0.29, 0.717) is 38.7 Å². The monoisotopic (exact) mass is 579 g/mol. The molecule has 1 aromatic heterocycles. The van der Waals surface area contributed by atoms with Crippen molar-refractivity contribution in [3.05, 3.63) is 53.6 Å². The Labute approximate surface area is 246 Å². The van der Waals surface area contributed by atoms with Gasteiger partial charge in [0.25, 0.3) is 5.95 Å². The third-order valence-electron chi connectivity index (χ3n) is 8.34. The summed E-state index contributed by atoms with van der Waals surface area (Å²) in [6.45, 7) is 6.39. The number of hydrogen-bond acceptors (Lipinski definition) is 11. The van der Waals surface area contributed by atoms with Crippen LogP contribution in [0.2, 0.25) is 0 Å². The number of anilines is 2. The SMILES string of the molecule is COCCCN1CCOc2ccc(CO[C@H]3CNCC[C@]3(O)c3ccc(OC4CCN(c5nnn(C)n5)C4)cc3)cc21. The Morgan fingerprint density at radius 2 is 2.05 bits per heavy atom. The lowest BCUT2D eigenvalue weighted by atomic mass is 9.82. The first-order valence-electron chi connectivity index (χ1n) is 14.8. The molecule has 2 aromatic carbocycles. The first-order valence-corrected chi connectivity index (χ1v) is 14.8. The van der Waals surface area contributed by atoms with E-state index in [1.165, 1.54) is 4.80 Å². The van der Waals surface area contributed by atoms with Crippen LogP contribution in [0.25, 0.3) is 0 Å². The number of hydrogen-bond donors (Lipinski definition) is 2. The van der Waals surface area contributed by atoms with E-state index < -0.39 is 11.7 Å². The zero-order valence-electron chi connectivity index (χ0n) is 24.4. The molecule has 3 aliphatic heterocycles. The van der Waals surface area contributed by atoms with Crippen molar-refractivity contribution in [3.63, 3.8) is 0 Å². The van der Waals surface area contributed by atoms with Gasteiger partial charge in [-0.2, -0.15) is 4.80 Å². The summed E-state index contributed by atoms with van der Waals surface area (Å²) in [7, 11) is 3.49. The van der Waals surface area contributed by atoms with Gasteiger partial charge >= 0.3 is 0 Å². The number of nitrogens with zero attached hydrogens (tertiary/aromatic N) is 6. The summed E-state index contributed by atoms with van der Waals surface area (Å²) in [6, 6.07) is 14.0. The smallest absolute Gasteiger partial charge is 0.266 e. The molecule has 2 saturated heterocycles. The van der Waals surface area contributed by atoms with E-state index in [1.54, 1.807) is 14.2 Å². The van der Waals surface area contributed by atoms with Gasteiger partial charge in [0.15, 0.2) is 0 Å². The van der Waals surface area contributed by atoms with Gasteiger partial charge < -0.3 is 39.2 Å². The summed E-state index contributed by atoms with van der Waals surface area (Å²) in [4.78, 5) is 5.89. The lowest BCUT2D eigenvalue weighted by Gasteiger charge is -2.40. The van der Waals surface area contributed by atoms with Crippen molar-refractivity contribution in [2.75, 3.05) is 69.4 Å². The van der Waals surface area contributed by atoms with E-state index in [4.69, 9.17) is 18.9 Å². The van der Waals surface area contributed by atoms with E-state index in [-0.39, 0.29) is 6.10 Å². The van der Waals surface area contributed by atoms with Crippen LogP contribution in [0.1, 0.15) is 30.4 Å². The fourth-order valence-corrected chi connectivity index (χ4v) is 6.03. The summed E-state index contributed by atoms with van der Waals surface area (Å²) in [5.41, 5.74) is 1.87. The molecule has 4 heterocycles. The molecule has 3 aliphatic rings. The molecule has 1 unspecified atom stereocenters. The van der Waals surface area contributed by atoms with Crippen LogP contribution in [0.3, 0.4) is 0 Å². The van der Waals surface area contributed by atoms with Crippen molar-refractivity contribution in [1.82, 2.24) is 25.5 Å². The van der Waals surface area contributed by atoms with Gasteiger partial charge in [-0.3, -0.25) is 0 Å². The van der Waals surface area contributed by atoms with Crippen LogP contribution in [0.15, 0.2) is 42.5 Å². The number of fused-ring (bicyclic) bond motifs is 1. The molecule has 12 heteroatoms. The second kappa shape index (κ2) is 12.8. The average Bonchev–Trinajstić information content (AvgIpc) is 3.66. The van der Waals surface area contributed by atoms with Crippen LogP contribution in [0.5, 0.6) is 11.5 Å². The number of aryl methyl sites for hydroxylation is 1. The zero-order valence-corrected chi connectivity index (χ0v) is 24.4. The van der Waals surface area contributed by atoms with Crippen molar-refractivity contribution < 1.29 is 24.1 Å². The Hall–Kier alpha value is -3.45. The molecule has 0 spiro atoms. The Morgan fingerprint density at radius 1 is 1.17 bits per heavy atom. The van der Waals surface area contributed by atoms with E-state index in [0.717, 1.165) is 73.9 Å². The Kier molecular flexibility index (Phi) is 8.75. The second-order valence-corrected chi connectivity index (χ2v) is 11.2. The molecule has 3 atom stereocenters. The van der Waals surface area contributed by atoms with Gasteiger partial charge in [-0.05, 0) is 60.0 Å². The molecule has 2 fully saturated rings. The minimum atomic E-state index is -1.10. The molecule has 226 valence electrons. The van der Waals surface area contributed by atoms with Crippen LogP contribution in [0.4, 0.5) is 11.6 Å². The fraction of sp³-hybridized carbons (Fsp3) is 0.567. The summed E-state index contributed by atoms with van der Waals surface area (Å²) in [5, 5.41) is 27.6. The first-order chi connectivity index (χ1) is 20.5. The van der Waals surface area contributed by atoms with Crippen molar-refractivity contribution in [3.8, 4) is 11.5 Å². The van der Waals surface area contributed by atoms with Gasteiger partial charge in [-0.15, -0.1) is 5.10 Å². The number of benzene rings is 2. The summed E-state index contributed by atoms with van der Waals surface area (Å²) in [5.74, 6) is 2.30. The first kappa shape index (κ1) is 28.7. The molecular formula is C30H41N7O5. The number of aromatic nitrogens is 4. The van der Waals surface area contributed by atoms with E-state index in [1.807, 2.05) is 36.4 Å². The predicted molar refractivity (Wildman–Crippen MR) is 157 cm³/mol. The van der Waals surface area contributed by atoms with Gasteiger partial charge in [0.05, 0.1) is 32.4 Å². The highest BCUT2D eigenvalue weighted by Gasteiger charge is 2.41. The van der Waals surface area contributed by atoms with E-state index >= 15 is 0 Å². The van der Waals surface area contributed by atoms with Crippen molar-refractivity contribution in [2.45, 2.75) is 43.7 Å². The maximum atomic E-state index is 11.9.